The molecule has 1 aromatic heterocycles. The van der Waals surface area contributed by atoms with E-state index < -0.39 is 6.23 Å². The van der Waals surface area contributed by atoms with Crippen LogP contribution in [0.5, 0.6) is 11.6 Å². The van der Waals surface area contributed by atoms with Crippen LogP contribution in [-0.2, 0) is 4.79 Å². The van der Waals surface area contributed by atoms with Crippen molar-refractivity contribution in [3.05, 3.63) is 54.1 Å². The van der Waals surface area contributed by atoms with Crippen LogP contribution in [0.25, 0.3) is 11.3 Å². The predicted molar refractivity (Wildman–Crippen MR) is 111 cm³/mol. The van der Waals surface area contributed by atoms with E-state index in [-0.39, 0.29) is 5.91 Å². The molecule has 1 aliphatic rings. The Balaban J connectivity index is 1.97. The first-order valence-electron chi connectivity index (χ1n) is 9.20. The number of benzene rings is 2. The molecule has 0 fully saturated rings. The quantitative estimate of drug-likeness (QED) is 0.601. The van der Waals surface area contributed by atoms with Gasteiger partial charge in [0.15, 0.2) is 5.69 Å². The van der Waals surface area contributed by atoms with Crippen LogP contribution in [-0.4, -0.2) is 34.0 Å². The van der Waals surface area contributed by atoms with Crippen molar-refractivity contribution in [3.8, 4) is 22.9 Å². The molecule has 0 saturated carbocycles. The summed E-state index contributed by atoms with van der Waals surface area (Å²) < 4.78 is 11.9. The van der Waals surface area contributed by atoms with Gasteiger partial charge < -0.3 is 9.47 Å². The fraction of sp³-hybridized carbons (Fsp3) is 0.238. The number of aromatic nitrogens is 3. The summed E-state index contributed by atoms with van der Waals surface area (Å²) >= 11 is 1.48. The number of carbonyl (C=O) groups is 1. The second kappa shape index (κ2) is 8.08. The maximum atomic E-state index is 12.8. The number of ether oxygens (including phenoxy) is 2. The van der Waals surface area contributed by atoms with Crippen LogP contribution >= 0.6 is 11.8 Å². The smallest absolute Gasteiger partial charge is 0.247 e. The van der Waals surface area contributed by atoms with Gasteiger partial charge in [0.25, 0.3) is 0 Å². The second-order valence-electron chi connectivity index (χ2n) is 6.30. The number of carbonyl (C=O) groups excluding carboxylic acids is 1. The Morgan fingerprint density at radius 1 is 1.17 bits per heavy atom. The van der Waals surface area contributed by atoms with E-state index in [1.807, 2.05) is 55.5 Å². The summed E-state index contributed by atoms with van der Waals surface area (Å²) in [5.74, 6) is 1.60. The van der Waals surface area contributed by atoms with Gasteiger partial charge in [-0.25, -0.2) is 0 Å². The van der Waals surface area contributed by atoms with Crippen molar-refractivity contribution in [2.75, 3.05) is 17.8 Å². The van der Waals surface area contributed by atoms with E-state index >= 15 is 0 Å². The van der Waals surface area contributed by atoms with Crippen molar-refractivity contribution in [2.24, 2.45) is 0 Å². The predicted octanol–water partition coefficient (Wildman–Crippen LogP) is 4.10. The molecule has 4 rings (SSSR count). The molecule has 0 N–H and O–H groups in total. The molecule has 29 heavy (non-hydrogen) atoms. The van der Waals surface area contributed by atoms with Gasteiger partial charge in [0.05, 0.1) is 18.4 Å². The minimum absolute atomic E-state index is 0.169. The van der Waals surface area contributed by atoms with Gasteiger partial charge in [0.1, 0.15) is 5.75 Å². The Labute approximate surface area is 173 Å². The summed E-state index contributed by atoms with van der Waals surface area (Å²) in [6, 6.07) is 15.0. The summed E-state index contributed by atoms with van der Waals surface area (Å²) in [6.07, 6.45) is -0.762. The van der Waals surface area contributed by atoms with Crippen molar-refractivity contribution in [1.29, 1.82) is 0 Å². The first-order valence-corrected chi connectivity index (χ1v) is 10.2. The maximum Gasteiger partial charge on any atom is 0.247 e. The largest absolute Gasteiger partial charge is 0.496 e. The Hall–Kier alpha value is -3.13. The van der Waals surface area contributed by atoms with Crippen LogP contribution < -0.4 is 14.4 Å². The number of para-hydroxylation sites is 2. The highest BCUT2D eigenvalue weighted by Crippen LogP contribution is 2.44. The van der Waals surface area contributed by atoms with Gasteiger partial charge in [0.2, 0.25) is 23.2 Å². The highest BCUT2D eigenvalue weighted by Gasteiger charge is 2.35. The number of hydrogen-bond acceptors (Lipinski definition) is 7. The van der Waals surface area contributed by atoms with Gasteiger partial charge in [-0.1, -0.05) is 49.0 Å². The number of rotatable bonds is 4. The Kier molecular flexibility index (Phi) is 5.35. The van der Waals surface area contributed by atoms with Gasteiger partial charge in [-0.3, -0.25) is 9.69 Å². The molecular weight excluding hydrogens is 388 g/mol. The summed E-state index contributed by atoms with van der Waals surface area (Å²) in [5, 5.41) is 9.12. The molecule has 0 saturated heterocycles. The second-order valence-corrected chi connectivity index (χ2v) is 7.53. The SMILES string of the molecule is CCSc1nnc2c(n1)O[C@H](c1ccccc1OC)N(C(C)=O)c1ccccc1-2. The van der Waals surface area contributed by atoms with Crippen LogP contribution in [0.15, 0.2) is 53.7 Å². The molecular formula is C21H20N4O3S. The number of anilines is 1. The van der Waals surface area contributed by atoms with Crippen molar-refractivity contribution in [3.63, 3.8) is 0 Å². The molecule has 7 nitrogen and oxygen atoms in total. The number of amides is 1. The third-order valence-electron chi connectivity index (χ3n) is 4.53. The van der Waals surface area contributed by atoms with E-state index in [2.05, 4.69) is 15.2 Å². The molecule has 1 atom stereocenters. The summed E-state index contributed by atoms with van der Waals surface area (Å²) in [7, 11) is 1.59. The van der Waals surface area contributed by atoms with Gasteiger partial charge >= 0.3 is 0 Å². The topological polar surface area (TPSA) is 77.4 Å². The van der Waals surface area contributed by atoms with E-state index in [0.29, 0.717) is 28.2 Å². The van der Waals surface area contributed by atoms with Crippen molar-refractivity contribution >= 4 is 23.4 Å². The van der Waals surface area contributed by atoms with Crippen LogP contribution in [0, 0.1) is 0 Å². The molecule has 0 spiro atoms. The third-order valence-corrected chi connectivity index (χ3v) is 5.25. The molecule has 2 heterocycles. The average Bonchev–Trinajstić information content (AvgIpc) is 2.88. The first-order chi connectivity index (χ1) is 14.1. The van der Waals surface area contributed by atoms with Crippen LogP contribution in [0.2, 0.25) is 0 Å². The van der Waals surface area contributed by atoms with E-state index in [1.54, 1.807) is 12.0 Å². The Morgan fingerprint density at radius 3 is 2.69 bits per heavy atom. The highest BCUT2D eigenvalue weighted by molar-refractivity contribution is 7.99. The summed E-state index contributed by atoms with van der Waals surface area (Å²) in [6.45, 7) is 3.53. The molecule has 0 radical (unpaired) electrons. The minimum atomic E-state index is -0.762. The lowest BCUT2D eigenvalue weighted by Gasteiger charge is -2.30. The van der Waals surface area contributed by atoms with Crippen LogP contribution in [0.1, 0.15) is 25.6 Å². The van der Waals surface area contributed by atoms with Crippen molar-refractivity contribution < 1.29 is 14.3 Å². The molecule has 8 heteroatoms. The zero-order valence-electron chi connectivity index (χ0n) is 16.3. The van der Waals surface area contributed by atoms with Crippen LogP contribution in [0.4, 0.5) is 5.69 Å². The fourth-order valence-corrected chi connectivity index (χ4v) is 3.82. The number of thioether (sulfide) groups is 1. The standard InChI is InChI=1S/C21H20N4O3S/c1-4-29-21-22-19-18(23-24-21)14-9-5-7-11-16(14)25(13(2)26)20(28-19)15-10-6-8-12-17(15)27-3/h5-12,20H,4H2,1-3H3/t20-/m1/s1. The summed E-state index contributed by atoms with van der Waals surface area (Å²) in [4.78, 5) is 18.9. The average molecular weight is 408 g/mol. The van der Waals surface area contributed by atoms with E-state index in [1.165, 1.54) is 18.7 Å². The monoisotopic (exact) mass is 408 g/mol. The number of nitrogens with zero attached hydrogens (tertiary/aromatic N) is 4. The number of fused-ring (bicyclic) bond motifs is 3. The molecule has 3 aromatic rings. The number of hydrogen-bond donors (Lipinski definition) is 0. The van der Waals surface area contributed by atoms with E-state index in [4.69, 9.17) is 9.47 Å². The zero-order valence-corrected chi connectivity index (χ0v) is 17.1. The molecule has 1 aliphatic heterocycles. The lowest BCUT2D eigenvalue weighted by molar-refractivity contribution is -0.118. The highest BCUT2D eigenvalue weighted by atomic mass is 32.2. The lowest BCUT2D eigenvalue weighted by Crippen LogP contribution is -2.36. The Bertz CT molecular complexity index is 1060. The van der Waals surface area contributed by atoms with Crippen molar-refractivity contribution in [2.45, 2.75) is 25.2 Å². The molecule has 0 bridgehead atoms. The van der Waals surface area contributed by atoms with Crippen LogP contribution in [0.3, 0.4) is 0 Å². The molecule has 1 amide bonds. The normalized spacial score (nSPS) is 15.0. The zero-order chi connectivity index (χ0) is 20.4. The van der Waals surface area contributed by atoms with Crippen molar-refractivity contribution in [1.82, 2.24) is 15.2 Å². The lowest BCUT2D eigenvalue weighted by atomic mass is 10.1. The van der Waals surface area contributed by atoms with Gasteiger partial charge in [0, 0.05) is 12.5 Å². The van der Waals surface area contributed by atoms with Gasteiger partial charge in [-0.15, -0.1) is 10.2 Å². The van der Waals surface area contributed by atoms with Gasteiger partial charge in [-0.05, 0) is 24.0 Å². The maximum absolute atomic E-state index is 12.8. The minimum Gasteiger partial charge on any atom is -0.496 e. The fourth-order valence-electron chi connectivity index (χ4n) is 3.32. The molecule has 148 valence electrons. The molecule has 0 unspecified atom stereocenters. The Morgan fingerprint density at radius 2 is 1.93 bits per heavy atom. The number of methoxy groups -OCH3 is 1. The third kappa shape index (κ3) is 3.51. The van der Waals surface area contributed by atoms with Gasteiger partial charge in [-0.2, -0.15) is 4.98 Å². The molecule has 0 aliphatic carbocycles. The first kappa shape index (κ1) is 19.2. The summed E-state index contributed by atoms with van der Waals surface area (Å²) in [5.41, 5.74) is 2.64. The molecule has 2 aromatic carbocycles. The van der Waals surface area contributed by atoms with E-state index in [0.717, 1.165) is 16.9 Å². The van der Waals surface area contributed by atoms with E-state index in [9.17, 15) is 4.79 Å².